The van der Waals surface area contributed by atoms with Crippen LogP contribution in [-0.2, 0) is 17.6 Å². The Kier molecular flexibility index (Phi) is 22.0. The molecule has 4 nitrogen and oxygen atoms in total. The first kappa shape index (κ1) is 40.5. The average Bonchev–Trinajstić information content (AvgIpc) is 2.98. The fourth-order valence-electron chi connectivity index (χ4n) is 4.29. The van der Waals surface area contributed by atoms with E-state index in [-0.39, 0.29) is 11.6 Å². The first-order valence-electron chi connectivity index (χ1n) is 15.6. The molecule has 3 aromatic rings. The molecule has 0 saturated heterocycles. The van der Waals surface area contributed by atoms with Crippen LogP contribution in [0.15, 0.2) is 78.1 Å². The molecule has 44 heavy (non-hydrogen) atoms. The predicted molar refractivity (Wildman–Crippen MR) is 187 cm³/mol. The van der Waals surface area contributed by atoms with Crippen molar-refractivity contribution in [3.8, 4) is 0 Å². The highest BCUT2D eigenvalue weighted by molar-refractivity contribution is 5.82. The van der Waals surface area contributed by atoms with Crippen LogP contribution >= 0.6 is 0 Å². The van der Waals surface area contributed by atoms with Crippen molar-refractivity contribution in [2.24, 2.45) is 4.99 Å². The third kappa shape index (κ3) is 17.6. The van der Waals surface area contributed by atoms with Crippen LogP contribution in [0.4, 0.5) is 8.78 Å². The van der Waals surface area contributed by atoms with Gasteiger partial charge in [0.05, 0.1) is 0 Å². The number of carbonyl (C=O) groups is 1. The topological polar surface area (TPSA) is 45.6 Å². The van der Waals surface area contributed by atoms with E-state index in [9.17, 15) is 8.78 Å². The molecule has 0 radical (unpaired) electrons. The number of hydrogen-bond donors (Lipinski definition) is 0. The van der Waals surface area contributed by atoms with E-state index in [4.69, 9.17) is 4.79 Å². The number of aliphatic imine (C=N–C) groups is 1. The number of hydrogen-bond acceptors (Lipinski definition) is 4. The Morgan fingerprint density at radius 2 is 1.73 bits per heavy atom. The molecule has 6 heteroatoms. The van der Waals surface area contributed by atoms with Crippen LogP contribution in [0.1, 0.15) is 90.5 Å². The third-order valence-electron chi connectivity index (χ3n) is 6.78. The summed E-state index contributed by atoms with van der Waals surface area (Å²) in [4.78, 5) is 19.8. The van der Waals surface area contributed by atoms with Gasteiger partial charge in [0.2, 0.25) is 0 Å². The maximum atomic E-state index is 13.0. The average molecular weight is 608 g/mol. The second kappa shape index (κ2) is 23.9. The summed E-state index contributed by atoms with van der Waals surface area (Å²) in [6.07, 6.45) is 14.1. The van der Waals surface area contributed by atoms with Gasteiger partial charge in [0.1, 0.15) is 17.9 Å². The van der Waals surface area contributed by atoms with Crippen molar-refractivity contribution in [1.82, 2.24) is 9.88 Å². The van der Waals surface area contributed by atoms with E-state index in [1.165, 1.54) is 50.5 Å². The standard InChI is InChI=1S/C14H28N2.C13H12FN.C9H11F.C2H4O/c1-6-8-9-14(16(4)5)11-10-13(3)15-12-7-2;1-9(2)5-13-7-11-6-12(14)4-3-10(11)8-15-13;1-3-8-6-4-5-7(2)9(8)10;1-2-3/h7,12,14H,6,8-11H2,1-5H3;3-4,6-8H,1,5H2,2H3;4-6H,3H2,1-2H3;2H,1H3/b12-7-,15-13?;;;. The minimum atomic E-state index is -0.213. The van der Waals surface area contributed by atoms with Crippen molar-refractivity contribution in [2.45, 2.75) is 99.5 Å². The molecule has 1 unspecified atom stereocenters. The summed E-state index contributed by atoms with van der Waals surface area (Å²) < 4.78 is 26.0. The van der Waals surface area contributed by atoms with Gasteiger partial charge >= 0.3 is 0 Å². The van der Waals surface area contributed by atoms with Crippen molar-refractivity contribution in [2.75, 3.05) is 14.1 Å². The molecule has 3 rings (SSSR count). The highest BCUT2D eigenvalue weighted by Gasteiger charge is 2.10. The minimum Gasteiger partial charge on any atom is -0.306 e. The minimum absolute atomic E-state index is 0.0509. The molecule has 0 saturated carbocycles. The number of unbranched alkanes of at least 4 members (excludes halogenated alkanes) is 1. The van der Waals surface area contributed by atoms with Crippen molar-refractivity contribution in [3.63, 3.8) is 0 Å². The Morgan fingerprint density at radius 3 is 2.27 bits per heavy atom. The molecule has 0 spiro atoms. The molecule has 0 N–H and O–H groups in total. The van der Waals surface area contributed by atoms with Crippen LogP contribution in [0, 0.1) is 18.6 Å². The second-order valence-electron chi connectivity index (χ2n) is 11.1. The van der Waals surface area contributed by atoms with Crippen molar-refractivity contribution < 1.29 is 13.6 Å². The van der Waals surface area contributed by atoms with E-state index in [0.29, 0.717) is 6.04 Å². The van der Waals surface area contributed by atoms with Crippen LogP contribution in [0.25, 0.3) is 10.8 Å². The number of carbonyl (C=O) groups excluding carboxylic acids is 1. The number of fused-ring (bicyclic) bond motifs is 1. The summed E-state index contributed by atoms with van der Waals surface area (Å²) in [7, 11) is 4.36. The molecule has 0 bridgehead atoms. The van der Waals surface area contributed by atoms with Crippen LogP contribution in [0.2, 0.25) is 0 Å². The number of nitrogens with zero attached hydrogens (tertiary/aromatic N) is 3. The van der Waals surface area contributed by atoms with Gasteiger partial charge in [-0.05, 0) is 115 Å². The van der Waals surface area contributed by atoms with E-state index in [1.54, 1.807) is 25.3 Å². The maximum Gasteiger partial charge on any atom is 0.129 e. The first-order chi connectivity index (χ1) is 20.9. The molecule has 2 aromatic carbocycles. The fourth-order valence-corrected chi connectivity index (χ4v) is 4.29. The lowest BCUT2D eigenvalue weighted by molar-refractivity contribution is -0.106. The molecule has 0 aliphatic carbocycles. The first-order valence-corrected chi connectivity index (χ1v) is 15.6. The Labute approximate surface area is 266 Å². The van der Waals surface area contributed by atoms with Gasteiger partial charge in [-0.2, -0.15) is 0 Å². The summed E-state index contributed by atoms with van der Waals surface area (Å²) in [5.41, 5.74) is 4.76. The molecule has 242 valence electrons. The Morgan fingerprint density at radius 1 is 1.05 bits per heavy atom. The quantitative estimate of drug-likeness (QED) is 0.124. The van der Waals surface area contributed by atoms with E-state index in [1.807, 2.05) is 51.2 Å². The van der Waals surface area contributed by atoms with Crippen molar-refractivity contribution in [3.05, 3.63) is 102 Å². The fraction of sp³-hybridized carbons (Fsp3) is 0.447. The molecule has 0 aliphatic rings. The summed E-state index contributed by atoms with van der Waals surface area (Å²) in [6.45, 7) is 17.4. The van der Waals surface area contributed by atoms with E-state index >= 15 is 0 Å². The van der Waals surface area contributed by atoms with Gasteiger partial charge < -0.3 is 9.69 Å². The summed E-state index contributed by atoms with van der Waals surface area (Å²) in [5, 5.41) is 1.85. The van der Waals surface area contributed by atoms with Crippen LogP contribution in [0.5, 0.6) is 0 Å². The van der Waals surface area contributed by atoms with E-state index in [2.05, 4.69) is 49.4 Å². The lowest BCUT2D eigenvalue weighted by Crippen LogP contribution is -2.28. The molecular weight excluding hydrogens is 552 g/mol. The number of aldehydes is 1. The zero-order valence-electron chi connectivity index (χ0n) is 28.6. The lowest BCUT2D eigenvalue weighted by Gasteiger charge is -2.24. The number of pyridine rings is 1. The van der Waals surface area contributed by atoms with Crippen LogP contribution < -0.4 is 0 Å². The highest BCUT2D eigenvalue weighted by atomic mass is 19.1. The molecule has 0 fully saturated rings. The van der Waals surface area contributed by atoms with Gasteiger partial charge in [0.15, 0.2) is 0 Å². The molecule has 1 aromatic heterocycles. The monoisotopic (exact) mass is 607 g/mol. The molecule has 1 heterocycles. The van der Waals surface area contributed by atoms with Gasteiger partial charge in [-0.25, -0.2) is 8.78 Å². The SMILES string of the molecule is C/C=C\N=C(C)CCC(CCCC)N(C)C.C=C(C)Cc1cc2cc(F)ccc2cn1.CC=O.CCc1cccc(C)c1F. The summed E-state index contributed by atoms with van der Waals surface area (Å²) in [6, 6.07) is 12.8. The smallest absolute Gasteiger partial charge is 0.129 e. The van der Waals surface area contributed by atoms with Gasteiger partial charge in [-0.3, -0.25) is 9.98 Å². The number of aryl methyl sites for hydroxylation is 2. The molecular formula is C38H55F2N3O. The number of aromatic nitrogens is 1. The summed E-state index contributed by atoms with van der Waals surface area (Å²) in [5.74, 6) is -0.264. The number of rotatable bonds is 11. The van der Waals surface area contributed by atoms with Gasteiger partial charge in [-0.1, -0.05) is 63.1 Å². The highest BCUT2D eigenvalue weighted by Crippen LogP contribution is 2.17. The summed E-state index contributed by atoms with van der Waals surface area (Å²) >= 11 is 0. The predicted octanol–water partition coefficient (Wildman–Crippen LogP) is 10.3. The van der Waals surface area contributed by atoms with Gasteiger partial charge in [0, 0.05) is 41.7 Å². The van der Waals surface area contributed by atoms with E-state index in [0.717, 1.165) is 58.7 Å². The zero-order valence-corrected chi connectivity index (χ0v) is 28.6. The molecule has 1 atom stereocenters. The van der Waals surface area contributed by atoms with Crippen molar-refractivity contribution >= 4 is 22.8 Å². The second-order valence-corrected chi connectivity index (χ2v) is 11.1. The Hall–Kier alpha value is -3.51. The van der Waals surface area contributed by atoms with Gasteiger partial charge in [0.25, 0.3) is 0 Å². The molecule has 0 aliphatic heterocycles. The normalized spacial score (nSPS) is 11.6. The van der Waals surface area contributed by atoms with Crippen LogP contribution in [0.3, 0.4) is 0 Å². The van der Waals surface area contributed by atoms with Gasteiger partial charge in [-0.15, -0.1) is 0 Å². The van der Waals surface area contributed by atoms with Crippen molar-refractivity contribution in [1.29, 1.82) is 0 Å². The number of benzene rings is 2. The lowest BCUT2D eigenvalue weighted by atomic mass is 10.0. The van der Waals surface area contributed by atoms with E-state index < -0.39 is 0 Å². The molecule has 0 amide bonds. The number of halogens is 2. The number of allylic oxidation sites excluding steroid dienone is 2. The third-order valence-corrected chi connectivity index (χ3v) is 6.78. The largest absolute Gasteiger partial charge is 0.306 e. The maximum absolute atomic E-state index is 13.0. The van der Waals surface area contributed by atoms with Crippen LogP contribution in [-0.4, -0.2) is 42.0 Å². The Bertz CT molecular complexity index is 1310. The Balaban J connectivity index is 0.000000615. The zero-order chi connectivity index (χ0) is 33.5.